The van der Waals surface area contributed by atoms with Gasteiger partial charge in [0.05, 0.1) is 11.6 Å². The molecule has 0 bridgehead atoms. The van der Waals surface area contributed by atoms with Crippen LogP contribution in [-0.4, -0.2) is 48.8 Å². The number of aryl methyl sites for hydroxylation is 2. The molecule has 8 heteroatoms. The van der Waals surface area contributed by atoms with Gasteiger partial charge in [0, 0.05) is 18.7 Å². The van der Waals surface area contributed by atoms with Crippen LogP contribution in [0.25, 0.3) is 5.69 Å². The Bertz CT molecular complexity index is 902. The third-order valence-electron chi connectivity index (χ3n) is 4.49. The number of carbonyl (C=O) groups excluding carboxylic acids is 1. The van der Waals surface area contributed by atoms with Crippen LogP contribution in [0.2, 0.25) is 0 Å². The smallest absolute Gasteiger partial charge is 0.254 e. The van der Waals surface area contributed by atoms with Crippen molar-refractivity contribution in [3.63, 3.8) is 0 Å². The number of benzene rings is 1. The summed E-state index contributed by atoms with van der Waals surface area (Å²) in [6, 6.07) is 5.67. The van der Waals surface area contributed by atoms with Gasteiger partial charge in [0.1, 0.15) is 12.7 Å². The molecule has 0 spiro atoms. The topological polar surface area (TPSA) is 89.9 Å². The molecule has 1 saturated heterocycles. The molecule has 2 aromatic heterocycles. The van der Waals surface area contributed by atoms with Gasteiger partial charge in [0.15, 0.2) is 5.82 Å². The van der Waals surface area contributed by atoms with Crippen LogP contribution in [0.3, 0.4) is 0 Å². The Labute approximate surface area is 144 Å². The van der Waals surface area contributed by atoms with Crippen LogP contribution in [-0.2, 0) is 0 Å². The normalized spacial score (nSPS) is 17.2. The Morgan fingerprint density at radius 1 is 1.32 bits per heavy atom. The number of nitrogens with zero attached hydrogens (tertiary/aromatic N) is 6. The molecule has 128 valence electrons. The van der Waals surface area contributed by atoms with Gasteiger partial charge in [-0.1, -0.05) is 5.16 Å². The number of amides is 1. The van der Waals surface area contributed by atoms with E-state index >= 15 is 0 Å². The Morgan fingerprint density at radius 2 is 2.20 bits per heavy atom. The lowest BCUT2D eigenvalue weighted by molar-refractivity contribution is 0.0789. The molecule has 0 saturated carbocycles. The van der Waals surface area contributed by atoms with E-state index in [0.29, 0.717) is 30.4 Å². The van der Waals surface area contributed by atoms with Gasteiger partial charge in [0.2, 0.25) is 5.89 Å². The van der Waals surface area contributed by atoms with Crippen molar-refractivity contribution in [2.24, 2.45) is 0 Å². The van der Waals surface area contributed by atoms with E-state index in [4.69, 9.17) is 4.52 Å². The minimum atomic E-state index is 0.0291. The van der Waals surface area contributed by atoms with Gasteiger partial charge in [-0.05, 0) is 44.0 Å². The molecule has 1 amide bonds. The van der Waals surface area contributed by atoms with E-state index in [9.17, 15) is 4.79 Å². The summed E-state index contributed by atoms with van der Waals surface area (Å²) >= 11 is 0. The van der Waals surface area contributed by atoms with Gasteiger partial charge >= 0.3 is 0 Å². The van der Waals surface area contributed by atoms with E-state index in [1.165, 1.54) is 6.33 Å². The highest BCUT2D eigenvalue weighted by molar-refractivity contribution is 5.96. The molecule has 3 heterocycles. The molecule has 8 nitrogen and oxygen atoms in total. The molecular formula is C17H18N6O2. The SMILES string of the molecule is Cc1noc([C@H]2CCN(C(=O)c3ccc(-n4cncn4)cc3C)C2)n1. The van der Waals surface area contributed by atoms with Crippen molar-refractivity contribution < 1.29 is 9.32 Å². The van der Waals surface area contributed by atoms with Crippen LogP contribution >= 0.6 is 0 Å². The first-order valence-electron chi connectivity index (χ1n) is 8.17. The molecule has 1 aliphatic heterocycles. The minimum absolute atomic E-state index is 0.0291. The van der Waals surface area contributed by atoms with E-state index in [1.54, 1.807) is 17.9 Å². The van der Waals surface area contributed by atoms with Crippen molar-refractivity contribution in [3.05, 3.63) is 53.7 Å². The Balaban J connectivity index is 1.51. The fraction of sp³-hybridized carbons (Fsp3) is 0.353. The van der Waals surface area contributed by atoms with Crippen LogP contribution in [0.15, 0.2) is 35.4 Å². The Hall–Kier alpha value is -3.03. The monoisotopic (exact) mass is 338 g/mol. The number of carbonyl (C=O) groups is 1. The summed E-state index contributed by atoms with van der Waals surface area (Å²) in [5.74, 6) is 1.38. The predicted octanol–water partition coefficient (Wildman–Crippen LogP) is 1.90. The van der Waals surface area contributed by atoms with E-state index in [1.807, 2.05) is 30.0 Å². The maximum absolute atomic E-state index is 12.9. The van der Waals surface area contributed by atoms with Crippen molar-refractivity contribution in [1.82, 2.24) is 29.8 Å². The zero-order valence-electron chi connectivity index (χ0n) is 14.1. The average molecular weight is 338 g/mol. The van der Waals surface area contributed by atoms with Crippen LogP contribution in [0.4, 0.5) is 0 Å². The summed E-state index contributed by atoms with van der Waals surface area (Å²) in [7, 11) is 0. The summed E-state index contributed by atoms with van der Waals surface area (Å²) < 4.78 is 6.92. The van der Waals surface area contributed by atoms with Gasteiger partial charge in [-0.3, -0.25) is 4.79 Å². The molecule has 0 N–H and O–H groups in total. The number of likely N-dealkylation sites (tertiary alicyclic amines) is 1. The lowest BCUT2D eigenvalue weighted by Gasteiger charge is -2.17. The number of hydrogen-bond donors (Lipinski definition) is 0. The van der Waals surface area contributed by atoms with Crippen LogP contribution in [0.1, 0.15) is 40.0 Å². The Morgan fingerprint density at radius 3 is 2.88 bits per heavy atom. The van der Waals surface area contributed by atoms with Gasteiger partial charge in [0.25, 0.3) is 5.91 Å². The minimum Gasteiger partial charge on any atom is -0.339 e. The highest BCUT2D eigenvalue weighted by Gasteiger charge is 2.31. The molecule has 1 aliphatic rings. The van der Waals surface area contributed by atoms with Gasteiger partial charge in [-0.25, -0.2) is 9.67 Å². The zero-order chi connectivity index (χ0) is 17.4. The molecule has 1 atom stereocenters. The lowest BCUT2D eigenvalue weighted by Crippen LogP contribution is -2.29. The summed E-state index contributed by atoms with van der Waals surface area (Å²) in [5, 5.41) is 7.95. The maximum Gasteiger partial charge on any atom is 0.254 e. The van der Waals surface area contributed by atoms with E-state index in [0.717, 1.165) is 17.7 Å². The molecule has 3 aromatic rings. The fourth-order valence-corrected chi connectivity index (χ4v) is 3.17. The van der Waals surface area contributed by atoms with Crippen molar-refractivity contribution in [2.75, 3.05) is 13.1 Å². The standard InChI is InChI=1S/C17H18N6O2/c1-11-7-14(23-10-18-9-19-23)3-4-15(11)17(24)22-6-5-13(8-22)16-20-12(2)21-25-16/h3-4,7,9-10,13H,5-6,8H2,1-2H3/t13-/m0/s1. The molecule has 1 fully saturated rings. The highest BCUT2D eigenvalue weighted by atomic mass is 16.5. The van der Waals surface area contributed by atoms with E-state index < -0.39 is 0 Å². The van der Waals surface area contributed by atoms with Crippen molar-refractivity contribution >= 4 is 5.91 Å². The van der Waals surface area contributed by atoms with Gasteiger partial charge < -0.3 is 9.42 Å². The average Bonchev–Trinajstić information content (AvgIpc) is 3.35. The third-order valence-corrected chi connectivity index (χ3v) is 4.49. The lowest BCUT2D eigenvalue weighted by atomic mass is 10.1. The number of rotatable bonds is 3. The number of aromatic nitrogens is 5. The van der Waals surface area contributed by atoms with Crippen LogP contribution in [0.5, 0.6) is 0 Å². The van der Waals surface area contributed by atoms with E-state index in [-0.39, 0.29) is 11.8 Å². The Kier molecular flexibility index (Phi) is 3.79. The molecule has 0 radical (unpaired) electrons. The molecular weight excluding hydrogens is 320 g/mol. The first kappa shape index (κ1) is 15.5. The van der Waals surface area contributed by atoms with Crippen LogP contribution in [0, 0.1) is 13.8 Å². The van der Waals surface area contributed by atoms with E-state index in [2.05, 4.69) is 20.2 Å². The van der Waals surface area contributed by atoms with Crippen molar-refractivity contribution in [1.29, 1.82) is 0 Å². The molecule has 4 rings (SSSR count). The largest absolute Gasteiger partial charge is 0.339 e. The fourth-order valence-electron chi connectivity index (χ4n) is 3.17. The molecule has 0 aliphatic carbocycles. The third kappa shape index (κ3) is 2.90. The quantitative estimate of drug-likeness (QED) is 0.724. The second kappa shape index (κ2) is 6.12. The summed E-state index contributed by atoms with van der Waals surface area (Å²) in [5.41, 5.74) is 2.49. The molecule has 0 unspecified atom stereocenters. The summed E-state index contributed by atoms with van der Waals surface area (Å²) in [6.45, 7) is 5.02. The number of hydrogen-bond acceptors (Lipinski definition) is 6. The highest BCUT2D eigenvalue weighted by Crippen LogP contribution is 2.27. The zero-order valence-corrected chi connectivity index (χ0v) is 14.1. The first-order chi connectivity index (χ1) is 12.1. The second-order valence-corrected chi connectivity index (χ2v) is 6.26. The van der Waals surface area contributed by atoms with Crippen molar-refractivity contribution in [3.8, 4) is 5.69 Å². The maximum atomic E-state index is 12.9. The second-order valence-electron chi connectivity index (χ2n) is 6.26. The molecule has 1 aromatic carbocycles. The van der Waals surface area contributed by atoms with Gasteiger partial charge in [-0.15, -0.1) is 0 Å². The van der Waals surface area contributed by atoms with Crippen molar-refractivity contribution in [2.45, 2.75) is 26.2 Å². The summed E-state index contributed by atoms with van der Waals surface area (Å²) in [4.78, 5) is 23.0. The summed E-state index contributed by atoms with van der Waals surface area (Å²) in [6.07, 6.45) is 3.95. The first-order valence-corrected chi connectivity index (χ1v) is 8.17. The predicted molar refractivity (Wildman–Crippen MR) is 88.4 cm³/mol. The molecule has 25 heavy (non-hydrogen) atoms. The van der Waals surface area contributed by atoms with Crippen LogP contribution < -0.4 is 0 Å². The van der Waals surface area contributed by atoms with Gasteiger partial charge in [-0.2, -0.15) is 10.1 Å².